The summed E-state index contributed by atoms with van der Waals surface area (Å²) in [5.41, 5.74) is 3.88. The molecule has 0 unspecified atom stereocenters. The molecule has 1 aliphatic rings. The highest BCUT2D eigenvalue weighted by atomic mass is 19.4. The molecule has 3 nitrogen and oxygen atoms in total. The lowest BCUT2D eigenvalue weighted by atomic mass is 9.96. The van der Waals surface area contributed by atoms with Crippen LogP contribution in [0.15, 0.2) is 30.6 Å². The zero-order chi connectivity index (χ0) is 14.2. The molecule has 0 spiro atoms. The van der Waals surface area contributed by atoms with Gasteiger partial charge in [-0.25, -0.2) is 9.97 Å². The fourth-order valence-electron chi connectivity index (χ4n) is 2.28. The molecule has 0 fully saturated rings. The number of hydrogen-bond donors (Lipinski definition) is 1. The van der Waals surface area contributed by atoms with Gasteiger partial charge in [0.15, 0.2) is 0 Å². The summed E-state index contributed by atoms with van der Waals surface area (Å²) >= 11 is 0. The third kappa shape index (κ3) is 2.51. The number of halogens is 3. The highest BCUT2D eigenvalue weighted by molar-refractivity contribution is 5.63. The van der Waals surface area contributed by atoms with Crippen LogP contribution in [0.25, 0.3) is 11.1 Å². The number of nitrogens with one attached hydrogen (secondary N) is 1. The van der Waals surface area contributed by atoms with Gasteiger partial charge in [0.2, 0.25) is 5.82 Å². The molecule has 6 heteroatoms. The Morgan fingerprint density at radius 1 is 1.00 bits per heavy atom. The van der Waals surface area contributed by atoms with Crippen molar-refractivity contribution in [2.45, 2.75) is 19.1 Å². The number of benzene rings is 1. The van der Waals surface area contributed by atoms with E-state index >= 15 is 0 Å². The molecule has 0 bridgehead atoms. The van der Waals surface area contributed by atoms with Crippen LogP contribution in [0.5, 0.6) is 0 Å². The molecule has 0 aliphatic carbocycles. The van der Waals surface area contributed by atoms with Gasteiger partial charge in [-0.3, -0.25) is 0 Å². The minimum Gasteiger partial charge on any atom is -0.312 e. The summed E-state index contributed by atoms with van der Waals surface area (Å²) < 4.78 is 37.2. The second kappa shape index (κ2) is 4.86. The fraction of sp³-hybridized carbons (Fsp3) is 0.286. The quantitative estimate of drug-likeness (QED) is 0.872. The predicted molar refractivity (Wildman–Crippen MR) is 67.9 cm³/mol. The first-order valence-corrected chi connectivity index (χ1v) is 6.26. The van der Waals surface area contributed by atoms with E-state index in [4.69, 9.17) is 0 Å². The summed E-state index contributed by atoms with van der Waals surface area (Å²) in [4.78, 5) is 6.77. The van der Waals surface area contributed by atoms with Crippen LogP contribution in [-0.4, -0.2) is 16.5 Å². The van der Waals surface area contributed by atoms with Gasteiger partial charge in [-0.2, -0.15) is 13.2 Å². The van der Waals surface area contributed by atoms with Crippen LogP contribution < -0.4 is 5.32 Å². The molecule has 0 atom stereocenters. The van der Waals surface area contributed by atoms with Crippen molar-refractivity contribution in [1.82, 2.24) is 15.3 Å². The van der Waals surface area contributed by atoms with Crippen molar-refractivity contribution in [2.24, 2.45) is 0 Å². The summed E-state index contributed by atoms with van der Waals surface area (Å²) in [6.45, 7) is 1.74. The topological polar surface area (TPSA) is 37.8 Å². The van der Waals surface area contributed by atoms with E-state index in [1.165, 1.54) is 23.5 Å². The van der Waals surface area contributed by atoms with E-state index in [0.717, 1.165) is 25.1 Å². The van der Waals surface area contributed by atoms with E-state index < -0.39 is 12.0 Å². The Labute approximate surface area is 113 Å². The van der Waals surface area contributed by atoms with Gasteiger partial charge >= 0.3 is 6.18 Å². The molecule has 0 saturated carbocycles. The van der Waals surface area contributed by atoms with Gasteiger partial charge in [0.05, 0.1) is 0 Å². The average Bonchev–Trinajstić information content (AvgIpc) is 2.46. The van der Waals surface area contributed by atoms with Crippen molar-refractivity contribution < 1.29 is 13.2 Å². The van der Waals surface area contributed by atoms with E-state index in [-0.39, 0.29) is 0 Å². The van der Waals surface area contributed by atoms with Crippen molar-refractivity contribution in [2.75, 3.05) is 6.54 Å². The molecule has 0 amide bonds. The summed E-state index contributed by atoms with van der Waals surface area (Å²) in [5, 5.41) is 3.27. The molecule has 20 heavy (non-hydrogen) atoms. The van der Waals surface area contributed by atoms with Crippen LogP contribution in [0.4, 0.5) is 13.2 Å². The molecule has 1 aliphatic heterocycles. The van der Waals surface area contributed by atoms with E-state index in [0.29, 0.717) is 5.56 Å². The third-order valence-corrected chi connectivity index (χ3v) is 3.33. The number of aromatic nitrogens is 2. The number of rotatable bonds is 1. The van der Waals surface area contributed by atoms with Crippen molar-refractivity contribution in [3.05, 3.63) is 47.5 Å². The fourth-order valence-corrected chi connectivity index (χ4v) is 2.28. The molecule has 1 N–H and O–H groups in total. The predicted octanol–water partition coefficient (Wildman–Crippen LogP) is 2.81. The first-order chi connectivity index (χ1) is 9.54. The van der Waals surface area contributed by atoms with E-state index in [1.807, 2.05) is 18.2 Å². The summed E-state index contributed by atoms with van der Waals surface area (Å²) in [5.74, 6) is -1.11. The standard InChI is InChI=1S/C14H12F3N3/c15-14(16,17)13-19-7-12(8-20-13)10-2-1-9-3-4-18-6-11(9)5-10/h1-2,5,7-8,18H,3-4,6H2. The Morgan fingerprint density at radius 2 is 1.75 bits per heavy atom. The smallest absolute Gasteiger partial charge is 0.312 e. The molecule has 0 radical (unpaired) electrons. The van der Waals surface area contributed by atoms with E-state index in [2.05, 4.69) is 15.3 Å². The SMILES string of the molecule is FC(F)(F)c1ncc(-c2ccc3c(c2)CNCC3)cn1. The van der Waals surface area contributed by atoms with Gasteiger partial charge in [0, 0.05) is 24.5 Å². The lowest BCUT2D eigenvalue weighted by Crippen LogP contribution is -2.23. The first kappa shape index (κ1) is 13.1. The van der Waals surface area contributed by atoms with Crippen molar-refractivity contribution in [1.29, 1.82) is 0 Å². The number of nitrogens with zero attached hydrogens (tertiary/aromatic N) is 2. The highest BCUT2D eigenvalue weighted by Crippen LogP contribution is 2.28. The largest absolute Gasteiger partial charge is 0.451 e. The summed E-state index contributed by atoms with van der Waals surface area (Å²) in [6.07, 6.45) is -1.10. The maximum absolute atomic E-state index is 12.4. The molecule has 3 rings (SSSR count). The molecule has 1 aromatic carbocycles. The molecule has 2 aromatic rings. The van der Waals surface area contributed by atoms with Gasteiger partial charge in [0.25, 0.3) is 0 Å². The maximum atomic E-state index is 12.4. The zero-order valence-corrected chi connectivity index (χ0v) is 10.5. The van der Waals surface area contributed by atoms with Crippen LogP contribution >= 0.6 is 0 Å². The second-order valence-corrected chi connectivity index (χ2v) is 4.70. The van der Waals surface area contributed by atoms with E-state index in [9.17, 15) is 13.2 Å². The third-order valence-electron chi connectivity index (χ3n) is 3.33. The van der Waals surface area contributed by atoms with Crippen molar-refractivity contribution in [3.8, 4) is 11.1 Å². The van der Waals surface area contributed by atoms with Crippen LogP contribution in [0.1, 0.15) is 17.0 Å². The van der Waals surface area contributed by atoms with Gasteiger partial charge in [0.1, 0.15) is 0 Å². The lowest BCUT2D eigenvalue weighted by Gasteiger charge is -2.17. The van der Waals surface area contributed by atoms with Crippen LogP contribution in [0, 0.1) is 0 Å². The lowest BCUT2D eigenvalue weighted by molar-refractivity contribution is -0.144. The monoisotopic (exact) mass is 279 g/mol. The molecular weight excluding hydrogens is 267 g/mol. The Morgan fingerprint density at radius 3 is 2.45 bits per heavy atom. The maximum Gasteiger partial charge on any atom is 0.451 e. The van der Waals surface area contributed by atoms with Gasteiger partial charge in [-0.15, -0.1) is 0 Å². The number of hydrogen-bond acceptors (Lipinski definition) is 3. The Hall–Kier alpha value is -1.95. The Balaban J connectivity index is 1.93. The van der Waals surface area contributed by atoms with E-state index in [1.54, 1.807) is 0 Å². The first-order valence-electron chi connectivity index (χ1n) is 6.26. The highest BCUT2D eigenvalue weighted by Gasteiger charge is 2.34. The molecule has 104 valence electrons. The molecular formula is C14H12F3N3. The zero-order valence-electron chi connectivity index (χ0n) is 10.5. The Bertz CT molecular complexity index is 621. The van der Waals surface area contributed by atoms with Crippen LogP contribution in [-0.2, 0) is 19.1 Å². The van der Waals surface area contributed by atoms with Crippen LogP contribution in [0.2, 0.25) is 0 Å². The van der Waals surface area contributed by atoms with Gasteiger partial charge in [-0.05, 0) is 35.7 Å². The average molecular weight is 279 g/mol. The molecule has 2 heterocycles. The van der Waals surface area contributed by atoms with Crippen LogP contribution in [0.3, 0.4) is 0 Å². The van der Waals surface area contributed by atoms with Crippen molar-refractivity contribution in [3.63, 3.8) is 0 Å². The van der Waals surface area contributed by atoms with Gasteiger partial charge in [-0.1, -0.05) is 12.1 Å². The minimum atomic E-state index is -4.50. The molecule has 1 aromatic heterocycles. The normalized spacial score (nSPS) is 14.9. The van der Waals surface area contributed by atoms with Gasteiger partial charge < -0.3 is 5.32 Å². The number of fused-ring (bicyclic) bond motifs is 1. The molecule has 0 saturated heterocycles. The summed E-state index contributed by atoms with van der Waals surface area (Å²) in [6, 6.07) is 5.90. The summed E-state index contributed by atoms with van der Waals surface area (Å²) in [7, 11) is 0. The second-order valence-electron chi connectivity index (χ2n) is 4.70. The minimum absolute atomic E-state index is 0.589. The Kier molecular flexibility index (Phi) is 3.17. The van der Waals surface area contributed by atoms with Crippen molar-refractivity contribution >= 4 is 0 Å². The number of alkyl halides is 3.